The number of halogens is 2. The summed E-state index contributed by atoms with van der Waals surface area (Å²) in [5.41, 5.74) is 0.735. The van der Waals surface area contributed by atoms with Crippen LogP contribution in [0.5, 0.6) is 0 Å². The minimum absolute atomic E-state index is 0.0239. The van der Waals surface area contributed by atoms with Crippen LogP contribution in [0.3, 0.4) is 0 Å². The molecule has 2 rings (SSSR count). The van der Waals surface area contributed by atoms with Crippen molar-refractivity contribution in [2.24, 2.45) is 0 Å². The number of ketones is 1. The fourth-order valence-electron chi connectivity index (χ4n) is 1.46. The molecule has 0 fully saturated rings. The molecule has 0 aliphatic heterocycles. The van der Waals surface area contributed by atoms with Crippen molar-refractivity contribution in [2.75, 3.05) is 0 Å². The summed E-state index contributed by atoms with van der Waals surface area (Å²) in [6, 6.07) is 9.75. The Morgan fingerprint density at radius 3 is 2.76 bits per heavy atom. The van der Waals surface area contributed by atoms with E-state index in [4.69, 9.17) is 0 Å². The Morgan fingerprint density at radius 2 is 2.12 bits per heavy atom. The van der Waals surface area contributed by atoms with E-state index in [0.29, 0.717) is 15.7 Å². The fraction of sp³-hybridized carbons (Fsp3) is 0.0769. The molecule has 0 atom stereocenters. The van der Waals surface area contributed by atoms with Crippen LogP contribution >= 0.6 is 15.9 Å². The van der Waals surface area contributed by atoms with E-state index in [9.17, 15) is 9.18 Å². The number of aromatic nitrogens is 1. The van der Waals surface area contributed by atoms with E-state index < -0.39 is 0 Å². The van der Waals surface area contributed by atoms with Crippen LogP contribution in [0.25, 0.3) is 0 Å². The summed E-state index contributed by atoms with van der Waals surface area (Å²) in [4.78, 5) is 15.8. The molecule has 0 spiro atoms. The lowest BCUT2D eigenvalue weighted by Crippen LogP contribution is -2.06. The van der Waals surface area contributed by atoms with E-state index in [-0.39, 0.29) is 18.0 Å². The van der Waals surface area contributed by atoms with Gasteiger partial charge in [0.15, 0.2) is 5.78 Å². The van der Waals surface area contributed by atoms with Crippen molar-refractivity contribution < 1.29 is 9.18 Å². The summed E-state index contributed by atoms with van der Waals surface area (Å²) < 4.78 is 14.2. The van der Waals surface area contributed by atoms with Crippen LogP contribution in [-0.2, 0) is 6.42 Å². The Balaban J connectivity index is 2.19. The molecule has 4 heteroatoms. The number of pyridine rings is 1. The summed E-state index contributed by atoms with van der Waals surface area (Å²) in [7, 11) is 0. The minimum Gasteiger partial charge on any atom is -0.292 e. The average Bonchev–Trinajstić information content (AvgIpc) is 2.34. The first-order valence-corrected chi connectivity index (χ1v) is 5.84. The Labute approximate surface area is 107 Å². The molecule has 1 aromatic heterocycles. The SMILES string of the molecule is O=C(Cc1ccc(Br)cc1F)c1ccccn1. The van der Waals surface area contributed by atoms with Crippen LogP contribution in [0, 0.1) is 5.82 Å². The number of benzene rings is 1. The van der Waals surface area contributed by atoms with Gasteiger partial charge in [-0.15, -0.1) is 0 Å². The quantitative estimate of drug-likeness (QED) is 0.812. The van der Waals surface area contributed by atoms with Gasteiger partial charge >= 0.3 is 0 Å². The van der Waals surface area contributed by atoms with E-state index >= 15 is 0 Å². The highest BCUT2D eigenvalue weighted by atomic mass is 79.9. The summed E-state index contributed by atoms with van der Waals surface area (Å²) in [5, 5.41) is 0. The van der Waals surface area contributed by atoms with Gasteiger partial charge in [-0.25, -0.2) is 4.39 Å². The van der Waals surface area contributed by atoms with Crippen molar-refractivity contribution in [3.8, 4) is 0 Å². The number of hydrogen-bond acceptors (Lipinski definition) is 2. The number of hydrogen-bond donors (Lipinski definition) is 0. The summed E-state index contributed by atoms with van der Waals surface area (Å²) in [6.07, 6.45) is 1.57. The molecule has 0 unspecified atom stereocenters. The van der Waals surface area contributed by atoms with Crippen molar-refractivity contribution in [3.63, 3.8) is 0 Å². The van der Waals surface area contributed by atoms with Crippen molar-refractivity contribution >= 4 is 21.7 Å². The van der Waals surface area contributed by atoms with Crippen LogP contribution in [-0.4, -0.2) is 10.8 Å². The standard InChI is InChI=1S/C13H9BrFNO/c14-10-5-4-9(11(15)8-10)7-13(17)12-3-1-2-6-16-12/h1-6,8H,7H2. The third-order valence-corrected chi connectivity index (χ3v) is 2.81. The lowest BCUT2D eigenvalue weighted by molar-refractivity contribution is 0.0987. The molecule has 0 N–H and O–H groups in total. The Kier molecular flexibility index (Phi) is 3.64. The highest BCUT2D eigenvalue weighted by Gasteiger charge is 2.11. The number of Topliss-reactive ketones (excluding diaryl/α,β-unsaturated/α-hetero) is 1. The first-order valence-electron chi connectivity index (χ1n) is 5.05. The lowest BCUT2D eigenvalue weighted by Gasteiger charge is -2.02. The lowest BCUT2D eigenvalue weighted by atomic mass is 10.1. The van der Waals surface area contributed by atoms with E-state index in [2.05, 4.69) is 20.9 Å². The number of nitrogens with zero attached hydrogens (tertiary/aromatic N) is 1. The predicted octanol–water partition coefficient (Wildman–Crippen LogP) is 3.41. The Bertz CT molecular complexity index is 542. The monoisotopic (exact) mass is 293 g/mol. The highest BCUT2D eigenvalue weighted by molar-refractivity contribution is 9.10. The van der Waals surface area contributed by atoms with E-state index in [0.717, 1.165) is 0 Å². The zero-order valence-corrected chi connectivity index (χ0v) is 10.4. The van der Waals surface area contributed by atoms with Gasteiger partial charge in [-0.3, -0.25) is 9.78 Å². The van der Waals surface area contributed by atoms with Crippen LogP contribution in [0.15, 0.2) is 47.1 Å². The van der Waals surface area contributed by atoms with E-state index in [1.165, 1.54) is 6.07 Å². The normalized spacial score (nSPS) is 10.2. The van der Waals surface area contributed by atoms with Gasteiger partial charge in [0.05, 0.1) is 0 Å². The van der Waals surface area contributed by atoms with Gasteiger partial charge in [0.1, 0.15) is 11.5 Å². The second-order valence-electron chi connectivity index (χ2n) is 3.55. The van der Waals surface area contributed by atoms with Gasteiger partial charge in [-0.05, 0) is 29.8 Å². The van der Waals surface area contributed by atoms with Gasteiger partial charge < -0.3 is 0 Å². The Hall–Kier alpha value is -1.55. The van der Waals surface area contributed by atoms with Gasteiger partial charge in [-0.1, -0.05) is 28.1 Å². The molecule has 1 heterocycles. The first kappa shape index (κ1) is 11.9. The number of carbonyl (C=O) groups is 1. The second kappa shape index (κ2) is 5.19. The smallest absolute Gasteiger partial charge is 0.185 e. The Morgan fingerprint density at radius 1 is 1.29 bits per heavy atom. The molecule has 0 radical (unpaired) electrons. The van der Waals surface area contributed by atoms with Crippen LogP contribution in [0.1, 0.15) is 16.1 Å². The average molecular weight is 294 g/mol. The number of carbonyl (C=O) groups excluding carboxylic acids is 1. The van der Waals surface area contributed by atoms with Crippen molar-refractivity contribution in [3.05, 3.63) is 64.1 Å². The predicted molar refractivity (Wildman–Crippen MR) is 66.4 cm³/mol. The summed E-state index contributed by atoms with van der Waals surface area (Å²) in [5.74, 6) is -0.574. The maximum Gasteiger partial charge on any atom is 0.185 e. The molecule has 86 valence electrons. The molecule has 0 saturated carbocycles. The van der Waals surface area contributed by atoms with Crippen molar-refractivity contribution in [1.82, 2.24) is 4.98 Å². The topological polar surface area (TPSA) is 30.0 Å². The van der Waals surface area contributed by atoms with Crippen molar-refractivity contribution in [2.45, 2.75) is 6.42 Å². The van der Waals surface area contributed by atoms with Crippen molar-refractivity contribution in [1.29, 1.82) is 0 Å². The molecule has 2 aromatic rings. The van der Waals surface area contributed by atoms with Gasteiger partial charge in [-0.2, -0.15) is 0 Å². The molecular formula is C13H9BrFNO. The molecular weight excluding hydrogens is 285 g/mol. The highest BCUT2D eigenvalue weighted by Crippen LogP contribution is 2.16. The molecule has 0 aliphatic rings. The second-order valence-corrected chi connectivity index (χ2v) is 4.47. The third-order valence-electron chi connectivity index (χ3n) is 2.32. The third kappa shape index (κ3) is 2.97. The molecule has 2 nitrogen and oxygen atoms in total. The number of rotatable bonds is 3. The fourth-order valence-corrected chi connectivity index (χ4v) is 1.79. The van der Waals surface area contributed by atoms with E-state index in [1.807, 2.05) is 0 Å². The molecule has 0 aliphatic carbocycles. The maximum atomic E-state index is 13.5. The molecule has 0 saturated heterocycles. The van der Waals surface area contributed by atoms with Gasteiger partial charge in [0.2, 0.25) is 0 Å². The molecule has 0 amide bonds. The largest absolute Gasteiger partial charge is 0.292 e. The summed E-state index contributed by atoms with van der Waals surface area (Å²) >= 11 is 3.17. The first-order chi connectivity index (χ1) is 8.16. The van der Waals surface area contributed by atoms with Gasteiger partial charge in [0, 0.05) is 17.1 Å². The maximum absolute atomic E-state index is 13.5. The molecule has 1 aromatic carbocycles. The summed E-state index contributed by atoms with van der Waals surface area (Å²) in [6.45, 7) is 0. The van der Waals surface area contributed by atoms with E-state index in [1.54, 1.807) is 36.5 Å². The molecule has 0 bridgehead atoms. The van der Waals surface area contributed by atoms with Crippen LogP contribution < -0.4 is 0 Å². The van der Waals surface area contributed by atoms with Crippen LogP contribution in [0.2, 0.25) is 0 Å². The zero-order valence-electron chi connectivity index (χ0n) is 8.86. The van der Waals surface area contributed by atoms with Crippen LogP contribution in [0.4, 0.5) is 4.39 Å². The van der Waals surface area contributed by atoms with Gasteiger partial charge in [0.25, 0.3) is 0 Å². The minimum atomic E-state index is -0.386. The molecule has 17 heavy (non-hydrogen) atoms. The zero-order chi connectivity index (χ0) is 12.3.